The van der Waals surface area contributed by atoms with Gasteiger partial charge in [-0.2, -0.15) is 4.31 Å². The maximum Gasteiger partial charge on any atom is 0.243 e. The van der Waals surface area contributed by atoms with Crippen LogP contribution >= 0.6 is 0 Å². The zero-order chi connectivity index (χ0) is 21.9. The van der Waals surface area contributed by atoms with Crippen molar-refractivity contribution in [3.8, 4) is 5.75 Å². The van der Waals surface area contributed by atoms with Crippen LogP contribution in [-0.4, -0.2) is 38.3 Å². The van der Waals surface area contributed by atoms with Crippen LogP contribution in [0.2, 0.25) is 0 Å². The van der Waals surface area contributed by atoms with Gasteiger partial charge in [-0.05, 0) is 75.9 Å². The van der Waals surface area contributed by atoms with E-state index >= 15 is 0 Å². The minimum atomic E-state index is -3.67. The average Bonchev–Trinajstić information content (AvgIpc) is 2.71. The molecule has 6 nitrogen and oxygen atoms in total. The molecule has 1 aliphatic rings. The Hall–Kier alpha value is -2.38. The summed E-state index contributed by atoms with van der Waals surface area (Å²) < 4.78 is 33.3. The summed E-state index contributed by atoms with van der Waals surface area (Å²) in [6.45, 7) is 8.81. The standard InChI is InChI=1S/C23H30N2O4S/c1-5-29-22-11-9-20(14-18(22)4)30(27,28)25-12-6-7-19(15-25)23(26)24-21-10-8-16(2)13-17(21)3/h8-11,13-14,19H,5-7,12,15H2,1-4H3,(H,24,26)/t19-/m0/s1. The van der Waals surface area contributed by atoms with Gasteiger partial charge in [-0.1, -0.05) is 17.7 Å². The molecular formula is C23H30N2O4S. The highest BCUT2D eigenvalue weighted by molar-refractivity contribution is 7.89. The Kier molecular flexibility index (Phi) is 6.83. The fourth-order valence-corrected chi connectivity index (χ4v) is 5.42. The van der Waals surface area contributed by atoms with E-state index in [1.165, 1.54) is 4.31 Å². The van der Waals surface area contributed by atoms with Crippen LogP contribution in [0.25, 0.3) is 0 Å². The highest BCUT2D eigenvalue weighted by atomic mass is 32.2. The molecule has 1 saturated heterocycles. The number of amides is 1. The minimum Gasteiger partial charge on any atom is -0.494 e. The van der Waals surface area contributed by atoms with Crippen molar-refractivity contribution in [2.75, 3.05) is 25.0 Å². The lowest BCUT2D eigenvalue weighted by atomic mass is 9.98. The van der Waals surface area contributed by atoms with Gasteiger partial charge in [0.15, 0.2) is 0 Å². The number of hydrogen-bond donors (Lipinski definition) is 1. The molecule has 3 rings (SSSR count). The molecule has 0 spiro atoms. The van der Waals surface area contributed by atoms with Crippen molar-refractivity contribution in [2.45, 2.75) is 45.4 Å². The van der Waals surface area contributed by atoms with E-state index in [1.54, 1.807) is 18.2 Å². The van der Waals surface area contributed by atoms with Crippen molar-refractivity contribution in [3.63, 3.8) is 0 Å². The largest absolute Gasteiger partial charge is 0.494 e. The molecule has 1 fully saturated rings. The summed E-state index contributed by atoms with van der Waals surface area (Å²) in [6, 6.07) is 10.8. The molecule has 0 radical (unpaired) electrons. The molecule has 1 heterocycles. The minimum absolute atomic E-state index is 0.135. The molecule has 0 bridgehead atoms. The second kappa shape index (κ2) is 9.18. The topological polar surface area (TPSA) is 75.7 Å². The quantitative estimate of drug-likeness (QED) is 0.750. The van der Waals surface area contributed by atoms with Crippen molar-refractivity contribution >= 4 is 21.6 Å². The van der Waals surface area contributed by atoms with Crippen molar-refractivity contribution in [1.29, 1.82) is 0 Å². The number of benzene rings is 2. The first kappa shape index (κ1) is 22.3. The van der Waals surface area contributed by atoms with Crippen LogP contribution in [0.15, 0.2) is 41.3 Å². The first-order valence-corrected chi connectivity index (χ1v) is 11.8. The van der Waals surface area contributed by atoms with E-state index in [0.717, 1.165) is 22.4 Å². The molecule has 7 heteroatoms. The number of anilines is 1. The van der Waals surface area contributed by atoms with E-state index in [2.05, 4.69) is 5.32 Å². The summed E-state index contributed by atoms with van der Waals surface area (Å²) in [5.74, 6) is 0.170. The van der Waals surface area contributed by atoms with Gasteiger partial charge in [-0.15, -0.1) is 0 Å². The zero-order valence-corrected chi connectivity index (χ0v) is 18.9. The van der Waals surface area contributed by atoms with Gasteiger partial charge in [-0.25, -0.2) is 8.42 Å². The lowest BCUT2D eigenvalue weighted by molar-refractivity contribution is -0.120. The van der Waals surface area contributed by atoms with E-state index in [9.17, 15) is 13.2 Å². The van der Waals surface area contributed by atoms with Gasteiger partial charge in [0.25, 0.3) is 0 Å². The highest BCUT2D eigenvalue weighted by Crippen LogP contribution is 2.28. The SMILES string of the molecule is CCOc1ccc(S(=O)(=O)N2CCC[C@H](C(=O)Nc3ccc(C)cc3C)C2)cc1C. The summed E-state index contributed by atoms with van der Waals surface area (Å²) in [6.07, 6.45) is 1.32. The lowest BCUT2D eigenvalue weighted by Crippen LogP contribution is -2.43. The van der Waals surface area contributed by atoms with Crippen LogP contribution in [0.5, 0.6) is 5.75 Å². The van der Waals surface area contributed by atoms with Gasteiger partial charge in [0, 0.05) is 18.8 Å². The molecule has 1 N–H and O–H groups in total. The number of sulfonamides is 1. The second-order valence-electron chi connectivity index (χ2n) is 7.87. The number of ether oxygens (including phenoxy) is 1. The van der Waals surface area contributed by atoms with Crippen LogP contribution in [0.4, 0.5) is 5.69 Å². The molecular weight excluding hydrogens is 400 g/mol. The number of rotatable bonds is 6. The number of piperidine rings is 1. The number of nitrogens with one attached hydrogen (secondary N) is 1. The highest BCUT2D eigenvalue weighted by Gasteiger charge is 2.33. The summed E-state index contributed by atoms with van der Waals surface area (Å²) in [5, 5.41) is 2.97. The Morgan fingerprint density at radius 1 is 1.13 bits per heavy atom. The van der Waals surface area contributed by atoms with Crippen LogP contribution in [0.1, 0.15) is 36.5 Å². The predicted octanol–water partition coefficient (Wildman–Crippen LogP) is 4.05. The smallest absolute Gasteiger partial charge is 0.243 e. The number of aryl methyl sites for hydroxylation is 3. The molecule has 2 aromatic carbocycles. The fraction of sp³-hybridized carbons (Fsp3) is 0.435. The normalized spacial score (nSPS) is 17.5. The van der Waals surface area contributed by atoms with Crippen molar-refractivity contribution in [3.05, 3.63) is 53.1 Å². The summed E-state index contributed by atoms with van der Waals surface area (Å²) in [5.41, 5.74) is 3.67. The van der Waals surface area contributed by atoms with Crippen molar-refractivity contribution in [1.82, 2.24) is 4.31 Å². The number of carbonyl (C=O) groups excluding carboxylic acids is 1. The zero-order valence-electron chi connectivity index (χ0n) is 18.1. The second-order valence-corrected chi connectivity index (χ2v) is 9.81. The van der Waals surface area contributed by atoms with Gasteiger partial charge in [0.2, 0.25) is 15.9 Å². The third kappa shape index (κ3) is 4.84. The maximum absolute atomic E-state index is 13.2. The Morgan fingerprint density at radius 3 is 2.57 bits per heavy atom. The maximum atomic E-state index is 13.2. The van der Waals surface area contributed by atoms with Crippen LogP contribution in [0, 0.1) is 26.7 Å². The lowest BCUT2D eigenvalue weighted by Gasteiger charge is -2.31. The van der Waals surface area contributed by atoms with Crippen molar-refractivity contribution in [2.24, 2.45) is 5.92 Å². The molecule has 0 unspecified atom stereocenters. The Balaban J connectivity index is 1.74. The molecule has 1 aliphatic heterocycles. The Morgan fingerprint density at radius 2 is 1.90 bits per heavy atom. The van der Waals surface area contributed by atoms with E-state index in [-0.39, 0.29) is 23.3 Å². The number of hydrogen-bond acceptors (Lipinski definition) is 4. The molecule has 30 heavy (non-hydrogen) atoms. The first-order chi connectivity index (χ1) is 14.2. The summed E-state index contributed by atoms with van der Waals surface area (Å²) in [4.78, 5) is 13.1. The van der Waals surface area contributed by atoms with E-state index in [1.807, 2.05) is 45.9 Å². The van der Waals surface area contributed by atoms with E-state index in [4.69, 9.17) is 4.74 Å². The van der Waals surface area contributed by atoms with Gasteiger partial charge in [0.1, 0.15) is 5.75 Å². The van der Waals surface area contributed by atoms with E-state index < -0.39 is 10.0 Å². The molecule has 0 aliphatic carbocycles. The third-order valence-corrected chi connectivity index (χ3v) is 7.34. The van der Waals surface area contributed by atoms with Gasteiger partial charge >= 0.3 is 0 Å². The first-order valence-electron chi connectivity index (χ1n) is 10.3. The number of nitrogens with zero attached hydrogens (tertiary/aromatic N) is 1. The molecule has 0 saturated carbocycles. The Bertz CT molecular complexity index is 1030. The van der Waals surface area contributed by atoms with Crippen LogP contribution in [0.3, 0.4) is 0 Å². The van der Waals surface area contributed by atoms with Gasteiger partial charge in [-0.3, -0.25) is 4.79 Å². The molecule has 1 amide bonds. The summed E-state index contributed by atoms with van der Waals surface area (Å²) >= 11 is 0. The van der Waals surface area contributed by atoms with Gasteiger partial charge < -0.3 is 10.1 Å². The van der Waals surface area contributed by atoms with Gasteiger partial charge in [0.05, 0.1) is 17.4 Å². The molecule has 2 aromatic rings. The monoisotopic (exact) mass is 430 g/mol. The van der Waals surface area contributed by atoms with Crippen LogP contribution < -0.4 is 10.1 Å². The molecule has 162 valence electrons. The van der Waals surface area contributed by atoms with Crippen molar-refractivity contribution < 1.29 is 17.9 Å². The fourth-order valence-electron chi connectivity index (χ4n) is 3.81. The average molecular weight is 431 g/mol. The van der Waals surface area contributed by atoms with Crippen LogP contribution in [-0.2, 0) is 14.8 Å². The predicted molar refractivity (Wildman–Crippen MR) is 118 cm³/mol. The van der Waals surface area contributed by atoms with E-state index in [0.29, 0.717) is 31.7 Å². The summed E-state index contributed by atoms with van der Waals surface area (Å²) in [7, 11) is -3.67. The molecule has 0 aromatic heterocycles. The Labute approximate surface area is 179 Å². The molecule has 1 atom stereocenters. The third-order valence-electron chi connectivity index (χ3n) is 5.48. The number of carbonyl (C=O) groups is 1.